The van der Waals surface area contributed by atoms with Crippen molar-refractivity contribution in [1.82, 2.24) is 0 Å². The van der Waals surface area contributed by atoms with E-state index in [0.29, 0.717) is 0 Å². The normalized spacial score (nSPS) is 14.9. The molecule has 0 saturated carbocycles. The van der Waals surface area contributed by atoms with Gasteiger partial charge >= 0.3 is 10.5 Å². The van der Waals surface area contributed by atoms with Crippen LogP contribution in [0, 0.1) is 0 Å². The van der Waals surface area contributed by atoms with Gasteiger partial charge in [0.25, 0.3) is 0 Å². The Kier molecular flexibility index (Phi) is 2.94. The fourth-order valence-corrected chi connectivity index (χ4v) is 1.44. The summed E-state index contributed by atoms with van der Waals surface area (Å²) in [6.45, 7) is 3.55. The second kappa shape index (κ2) is 3.80. The first kappa shape index (κ1) is 10.1. The Balaban J connectivity index is 3.05. The van der Waals surface area contributed by atoms with E-state index in [-0.39, 0.29) is 4.90 Å². The molecule has 0 aromatic heterocycles. The van der Waals surface area contributed by atoms with E-state index in [9.17, 15) is 8.76 Å². The Morgan fingerprint density at radius 2 is 1.92 bits per heavy atom. The van der Waals surface area contributed by atoms with Crippen LogP contribution in [0.2, 0.25) is 0 Å². The Hall–Kier alpha value is -1.01. The van der Waals surface area contributed by atoms with E-state index < -0.39 is 10.5 Å². The molecule has 0 spiro atoms. The molecular weight excluding hydrogens is 190 g/mol. The summed E-state index contributed by atoms with van der Waals surface area (Å²) in [6, 6.07) is 6.16. The van der Waals surface area contributed by atoms with Crippen molar-refractivity contribution in [3.05, 3.63) is 36.4 Å². The molecule has 0 aliphatic rings. The standard InChI is InChI=1S/C8H10NO3S/c1-2-7-3-5-8(6-4-7)13(10,11)12-9/h2-6H,1H2,9H3/q+2. The predicted octanol–water partition coefficient (Wildman–Crippen LogP) is 0.622. The molecule has 0 heterocycles. The van der Waals surface area contributed by atoms with Gasteiger partial charge in [0.15, 0.2) is 0 Å². The van der Waals surface area contributed by atoms with E-state index in [2.05, 4.69) is 16.8 Å². The fourth-order valence-electron chi connectivity index (χ4n) is 0.839. The van der Waals surface area contributed by atoms with Gasteiger partial charge in [-0.3, -0.25) is 0 Å². The van der Waals surface area contributed by atoms with Crippen molar-refractivity contribution in [2.45, 2.75) is 4.90 Å². The first-order valence-electron chi connectivity index (χ1n) is 3.51. The molecule has 1 rings (SSSR count). The third kappa shape index (κ3) is 2.22. The third-order valence-corrected chi connectivity index (χ3v) is 2.72. The number of hydrogen-bond acceptors (Lipinski definition) is 2. The van der Waals surface area contributed by atoms with Crippen LogP contribution in [0.15, 0.2) is 35.7 Å². The summed E-state index contributed by atoms with van der Waals surface area (Å²) in [7, 11) is -3.67. The van der Waals surface area contributed by atoms with Crippen molar-refractivity contribution in [2.75, 3.05) is 0 Å². The zero-order chi connectivity index (χ0) is 9.90. The summed E-state index contributed by atoms with van der Waals surface area (Å²) in [5, 5.41) is 0. The molecule has 1 radical (unpaired) electrons. The maximum Gasteiger partial charge on any atom is 0.482 e. The summed E-state index contributed by atoms with van der Waals surface area (Å²) in [5.41, 5.74) is 0.850. The lowest BCUT2D eigenvalue weighted by Crippen LogP contribution is -2.52. The molecule has 0 aliphatic heterocycles. The second-order valence-electron chi connectivity index (χ2n) is 2.35. The van der Waals surface area contributed by atoms with Crippen molar-refractivity contribution < 1.29 is 18.9 Å². The van der Waals surface area contributed by atoms with Crippen LogP contribution in [-0.2, 0) is 23.5 Å². The quantitative estimate of drug-likeness (QED) is 0.573. The average Bonchev–Trinajstić information content (AvgIpc) is 2.18. The van der Waals surface area contributed by atoms with Crippen LogP contribution in [0.4, 0.5) is 0 Å². The van der Waals surface area contributed by atoms with E-state index in [1.165, 1.54) is 12.1 Å². The average molecular weight is 200 g/mol. The van der Waals surface area contributed by atoms with Crippen molar-refractivity contribution in [3.63, 3.8) is 0 Å². The highest BCUT2D eigenvalue weighted by atomic mass is 32.3. The molecule has 0 bridgehead atoms. The first-order chi connectivity index (χ1) is 6.10. The molecule has 3 N–H and O–H groups in total. The van der Waals surface area contributed by atoms with E-state index in [1.54, 1.807) is 18.2 Å². The minimum atomic E-state index is -3.67. The van der Waals surface area contributed by atoms with Crippen LogP contribution >= 0.6 is 0 Å². The summed E-state index contributed by atoms with van der Waals surface area (Å²) in [5.74, 6) is 2.87. The Morgan fingerprint density at radius 1 is 1.38 bits per heavy atom. The molecule has 1 aromatic carbocycles. The van der Waals surface area contributed by atoms with Crippen molar-refractivity contribution in [2.24, 2.45) is 0 Å². The van der Waals surface area contributed by atoms with Crippen LogP contribution < -0.4 is 5.90 Å². The Labute approximate surface area is 77.4 Å². The van der Waals surface area contributed by atoms with Gasteiger partial charge in [-0.25, -0.2) is 0 Å². The van der Waals surface area contributed by atoms with Gasteiger partial charge in [0, 0.05) is 12.1 Å². The lowest BCUT2D eigenvalue weighted by molar-refractivity contribution is -0.637. The maximum atomic E-state index is 11.1. The Morgan fingerprint density at radius 3 is 2.31 bits per heavy atom. The van der Waals surface area contributed by atoms with Crippen molar-refractivity contribution >= 4 is 16.6 Å². The summed E-state index contributed by atoms with van der Waals surface area (Å²) < 4.78 is 26.3. The largest absolute Gasteiger partial charge is 0.482 e. The van der Waals surface area contributed by atoms with Gasteiger partial charge in [0.05, 0.1) is 8.84 Å². The third-order valence-electron chi connectivity index (χ3n) is 1.56. The zero-order valence-electron chi connectivity index (χ0n) is 6.93. The topological polar surface area (TPSA) is 73.8 Å². The summed E-state index contributed by atoms with van der Waals surface area (Å²) in [6.07, 6.45) is 1.63. The number of quaternary nitrogens is 1. The van der Waals surface area contributed by atoms with E-state index in [1.807, 2.05) is 0 Å². The van der Waals surface area contributed by atoms with Crippen LogP contribution in [0.1, 0.15) is 5.56 Å². The first-order valence-corrected chi connectivity index (χ1v) is 4.92. The van der Waals surface area contributed by atoms with Gasteiger partial charge in [-0.1, -0.05) is 12.7 Å². The lowest BCUT2D eigenvalue weighted by atomic mass is 10.2. The Bertz CT molecular complexity index is 347. The number of rotatable bonds is 3. The highest BCUT2D eigenvalue weighted by molar-refractivity contribution is 7.92. The minimum absolute atomic E-state index is 0.0908. The van der Waals surface area contributed by atoms with Crippen LogP contribution in [0.3, 0.4) is 0 Å². The molecule has 69 valence electrons. The molecular formula is C8H10NO3S+2. The van der Waals surface area contributed by atoms with Crippen LogP contribution in [0.25, 0.3) is 6.08 Å². The molecule has 1 aromatic rings. The molecule has 13 heavy (non-hydrogen) atoms. The lowest BCUT2D eigenvalue weighted by Gasteiger charge is -1.94. The van der Waals surface area contributed by atoms with Crippen LogP contribution in [-0.4, -0.2) is 0 Å². The van der Waals surface area contributed by atoms with Gasteiger partial charge in [-0.2, -0.15) is 5.90 Å². The molecule has 0 amide bonds. The van der Waals surface area contributed by atoms with Gasteiger partial charge in [0.2, 0.25) is 4.90 Å². The van der Waals surface area contributed by atoms with Gasteiger partial charge in [-0.15, -0.1) is 0 Å². The van der Waals surface area contributed by atoms with Crippen molar-refractivity contribution in [3.8, 4) is 0 Å². The number of benzene rings is 1. The van der Waals surface area contributed by atoms with E-state index in [4.69, 9.17) is 0 Å². The molecule has 1 atom stereocenters. The SMILES string of the molecule is C=Cc1ccc([S+]([O])(=O)O[NH3+])cc1. The molecule has 5 heteroatoms. The monoisotopic (exact) mass is 200 g/mol. The molecule has 0 fully saturated rings. The summed E-state index contributed by atoms with van der Waals surface area (Å²) in [4.78, 5) is 0.0908. The highest BCUT2D eigenvalue weighted by Crippen LogP contribution is 2.17. The van der Waals surface area contributed by atoms with Gasteiger partial charge in [0.1, 0.15) is 0 Å². The molecule has 0 saturated heterocycles. The number of hydrogen-bond donors (Lipinski definition) is 1. The predicted molar refractivity (Wildman–Crippen MR) is 47.5 cm³/mol. The fraction of sp³-hybridized carbons (Fsp3) is 0. The smallest absolute Gasteiger partial charge is 0.158 e. The zero-order valence-corrected chi connectivity index (χ0v) is 7.75. The molecule has 1 unspecified atom stereocenters. The van der Waals surface area contributed by atoms with E-state index >= 15 is 0 Å². The summed E-state index contributed by atoms with van der Waals surface area (Å²) >= 11 is 0. The van der Waals surface area contributed by atoms with Crippen LogP contribution in [0.5, 0.6) is 0 Å². The van der Waals surface area contributed by atoms with E-state index in [0.717, 1.165) is 5.56 Å². The molecule has 0 aliphatic carbocycles. The maximum absolute atomic E-state index is 11.1. The van der Waals surface area contributed by atoms with Gasteiger partial charge in [-0.05, 0) is 21.9 Å². The van der Waals surface area contributed by atoms with Crippen molar-refractivity contribution in [1.29, 1.82) is 0 Å². The van der Waals surface area contributed by atoms with Gasteiger partial charge < -0.3 is 0 Å². The highest BCUT2D eigenvalue weighted by Gasteiger charge is 2.36. The minimum Gasteiger partial charge on any atom is -0.158 e. The molecule has 4 nitrogen and oxygen atoms in total. The second-order valence-corrected chi connectivity index (χ2v) is 3.96.